The maximum Gasteiger partial charge on any atom is 0.354 e. The second-order valence-corrected chi connectivity index (χ2v) is 4.56. The molecule has 3 rings (SSSR count). The predicted octanol–water partition coefficient (Wildman–Crippen LogP) is 1.97. The van der Waals surface area contributed by atoms with Crippen molar-refractivity contribution >= 4 is 5.97 Å². The quantitative estimate of drug-likeness (QED) is 0.769. The summed E-state index contributed by atoms with van der Waals surface area (Å²) in [5.74, 6) is 1.42. The van der Waals surface area contributed by atoms with Crippen molar-refractivity contribution in [3.05, 3.63) is 35.7 Å². The molecule has 19 heavy (non-hydrogen) atoms. The number of carbonyl (C=O) groups excluding carboxylic acids is 1. The van der Waals surface area contributed by atoms with Crippen LogP contribution in [-0.2, 0) is 11.3 Å². The van der Waals surface area contributed by atoms with E-state index in [9.17, 15) is 4.79 Å². The first-order valence-electron chi connectivity index (χ1n) is 6.42. The average Bonchev–Trinajstić information content (AvgIpc) is 2.97. The van der Waals surface area contributed by atoms with Crippen molar-refractivity contribution in [2.45, 2.75) is 32.2 Å². The summed E-state index contributed by atoms with van der Waals surface area (Å²) < 4.78 is 11.9. The lowest BCUT2D eigenvalue weighted by molar-refractivity contribution is 0.0514. The summed E-state index contributed by atoms with van der Waals surface area (Å²) in [6, 6.07) is 3.51. The molecule has 0 aromatic carbocycles. The van der Waals surface area contributed by atoms with Crippen molar-refractivity contribution in [1.29, 1.82) is 0 Å². The van der Waals surface area contributed by atoms with Crippen LogP contribution in [0.5, 0.6) is 0 Å². The molecule has 0 radical (unpaired) electrons. The van der Waals surface area contributed by atoms with Crippen LogP contribution in [0.3, 0.4) is 0 Å². The minimum atomic E-state index is -0.338. The van der Waals surface area contributed by atoms with Gasteiger partial charge in [-0.2, -0.15) is 4.98 Å². The highest BCUT2D eigenvalue weighted by Gasteiger charge is 2.28. The molecule has 1 fully saturated rings. The van der Waals surface area contributed by atoms with Gasteiger partial charge in [-0.05, 0) is 31.9 Å². The summed E-state index contributed by atoms with van der Waals surface area (Å²) in [5, 5.41) is 3.95. The Bertz CT molecular complexity index is 583. The van der Waals surface area contributed by atoms with Crippen molar-refractivity contribution < 1.29 is 14.1 Å². The second kappa shape index (κ2) is 4.87. The van der Waals surface area contributed by atoms with Gasteiger partial charge in [0, 0.05) is 12.1 Å². The van der Waals surface area contributed by atoms with Gasteiger partial charge in [0.2, 0.25) is 5.89 Å². The Labute approximate surface area is 110 Å². The molecule has 0 amide bonds. The Morgan fingerprint density at radius 3 is 3.16 bits per heavy atom. The number of nitrogens with zero attached hydrogens (tertiary/aromatic N) is 3. The minimum Gasteiger partial charge on any atom is -0.461 e. The molecule has 0 unspecified atom stereocenters. The summed E-state index contributed by atoms with van der Waals surface area (Å²) in [6.45, 7) is 2.53. The fraction of sp³-hybridized carbons (Fsp3) is 0.462. The van der Waals surface area contributed by atoms with Gasteiger partial charge in [0.1, 0.15) is 12.2 Å². The van der Waals surface area contributed by atoms with Crippen LogP contribution in [-0.4, -0.2) is 27.3 Å². The van der Waals surface area contributed by atoms with Crippen LogP contribution < -0.4 is 0 Å². The second-order valence-electron chi connectivity index (χ2n) is 4.56. The van der Waals surface area contributed by atoms with E-state index in [1.807, 2.05) is 0 Å². The summed E-state index contributed by atoms with van der Waals surface area (Å²) in [6.07, 6.45) is 4.07. The van der Waals surface area contributed by atoms with E-state index in [-0.39, 0.29) is 5.97 Å². The van der Waals surface area contributed by atoms with Crippen LogP contribution in [0.25, 0.3) is 0 Å². The van der Waals surface area contributed by atoms with Crippen LogP contribution in [0.1, 0.15) is 47.9 Å². The molecule has 1 saturated carbocycles. The first kappa shape index (κ1) is 12.0. The number of rotatable bonds is 5. The smallest absolute Gasteiger partial charge is 0.354 e. The number of esters is 1. The number of hydrogen-bond donors (Lipinski definition) is 0. The Morgan fingerprint density at radius 1 is 1.58 bits per heavy atom. The standard InChI is InChI=1S/C13H15N3O3/c1-2-18-13(17)10-4-3-7-16(10)8-11-14-12(15-19-11)9-5-6-9/h3-4,7,9H,2,5-6,8H2,1H3. The van der Waals surface area contributed by atoms with Crippen molar-refractivity contribution in [3.8, 4) is 0 Å². The molecule has 1 aliphatic carbocycles. The van der Waals surface area contributed by atoms with Crippen LogP contribution in [0.4, 0.5) is 0 Å². The molecular weight excluding hydrogens is 246 g/mol. The molecule has 0 aliphatic heterocycles. The van der Waals surface area contributed by atoms with Crippen LogP contribution in [0.15, 0.2) is 22.9 Å². The highest BCUT2D eigenvalue weighted by molar-refractivity contribution is 5.87. The number of carbonyl (C=O) groups is 1. The predicted molar refractivity (Wildman–Crippen MR) is 65.8 cm³/mol. The molecule has 6 nitrogen and oxygen atoms in total. The highest BCUT2D eigenvalue weighted by Crippen LogP contribution is 2.38. The lowest BCUT2D eigenvalue weighted by Gasteiger charge is -2.05. The molecule has 0 N–H and O–H groups in total. The maximum atomic E-state index is 11.7. The zero-order valence-electron chi connectivity index (χ0n) is 10.7. The largest absolute Gasteiger partial charge is 0.461 e. The fourth-order valence-electron chi connectivity index (χ4n) is 1.93. The minimum absolute atomic E-state index is 0.338. The first-order chi connectivity index (χ1) is 9.28. The molecule has 0 spiro atoms. The van der Waals surface area contributed by atoms with Crippen molar-refractivity contribution in [3.63, 3.8) is 0 Å². The van der Waals surface area contributed by atoms with E-state index in [1.165, 1.54) is 0 Å². The zero-order chi connectivity index (χ0) is 13.2. The first-order valence-corrected chi connectivity index (χ1v) is 6.42. The number of hydrogen-bond acceptors (Lipinski definition) is 5. The molecule has 0 atom stereocenters. The Kier molecular flexibility index (Phi) is 3.06. The van der Waals surface area contributed by atoms with Crippen LogP contribution in [0, 0.1) is 0 Å². The van der Waals surface area contributed by atoms with E-state index in [1.54, 1.807) is 29.8 Å². The number of aromatic nitrogens is 3. The van der Waals surface area contributed by atoms with Gasteiger partial charge in [-0.3, -0.25) is 0 Å². The monoisotopic (exact) mass is 261 g/mol. The van der Waals surface area contributed by atoms with E-state index in [0.717, 1.165) is 18.7 Å². The topological polar surface area (TPSA) is 70.2 Å². The molecule has 100 valence electrons. The molecule has 2 aromatic rings. The number of ether oxygens (including phenoxy) is 1. The Hall–Kier alpha value is -2.11. The SMILES string of the molecule is CCOC(=O)c1cccn1Cc1nc(C2CC2)no1. The zero-order valence-corrected chi connectivity index (χ0v) is 10.7. The molecule has 0 saturated heterocycles. The molecule has 0 bridgehead atoms. The van der Waals surface area contributed by atoms with Crippen molar-refractivity contribution in [1.82, 2.24) is 14.7 Å². The van der Waals surface area contributed by atoms with Gasteiger partial charge in [0.15, 0.2) is 5.82 Å². The van der Waals surface area contributed by atoms with Crippen molar-refractivity contribution in [2.75, 3.05) is 6.61 Å². The van der Waals surface area contributed by atoms with E-state index >= 15 is 0 Å². The van der Waals surface area contributed by atoms with Gasteiger partial charge in [0.25, 0.3) is 0 Å². The third-order valence-corrected chi connectivity index (χ3v) is 3.05. The van der Waals surface area contributed by atoms with Crippen molar-refractivity contribution in [2.24, 2.45) is 0 Å². The van der Waals surface area contributed by atoms with E-state index in [0.29, 0.717) is 30.7 Å². The third-order valence-electron chi connectivity index (χ3n) is 3.05. The molecular formula is C13H15N3O3. The van der Waals surface area contributed by atoms with Crippen LogP contribution >= 0.6 is 0 Å². The van der Waals surface area contributed by atoms with E-state index in [4.69, 9.17) is 9.26 Å². The molecule has 6 heteroatoms. The molecule has 2 aromatic heterocycles. The van der Waals surface area contributed by atoms with Gasteiger partial charge in [-0.1, -0.05) is 5.16 Å². The third kappa shape index (κ3) is 2.52. The molecule has 1 aliphatic rings. The summed E-state index contributed by atoms with van der Waals surface area (Å²) >= 11 is 0. The summed E-state index contributed by atoms with van der Waals surface area (Å²) in [5.41, 5.74) is 0.494. The lowest BCUT2D eigenvalue weighted by Crippen LogP contribution is -2.12. The maximum absolute atomic E-state index is 11.7. The van der Waals surface area contributed by atoms with Gasteiger partial charge < -0.3 is 13.8 Å². The summed E-state index contributed by atoms with van der Waals surface area (Å²) in [7, 11) is 0. The van der Waals surface area contributed by atoms with Gasteiger partial charge in [-0.15, -0.1) is 0 Å². The van der Waals surface area contributed by atoms with E-state index in [2.05, 4.69) is 10.1 Å². The Morgan fingerprint density at radius 2 is 2.42 bits per heavy atom. The highest BCUT2D eigenvalue weighted by atomic mass is 16.5. The van der Waals surface area contributed by atoms with Gasteiger partial charge in [-0.25, -0.2) is 4.79 Å². The fourth-order valence-corrected chi connectivity index (χ4v) is 1.93. The lowest BCUT2D eigenvalue weighted by atomic mass is 10.4. The van der Waals surface area contributed by atoms with Gasteiger partial charge in [0.05, 0.1) is 6.61 Å². The van der Waals surface area contributed by atoms with Gasteiger partial charge >= 0.3 is 5.97 Å². The summed E-state index contributed by atoms with van der Waals surface area (Å²) in [4.78, 5) is 16.1. The molecule has 2 heterocycles. The average molecular weight is 261 g/mol. The Balaban J connectivity index is 1.75. The van der Waals surface area contributed by atoms with Crippen LogP contribution in [0.2, 0.25) is 0 Å². The normalized spacial score (nSPS) is 14.6. The van der Waals surface area contributed by atoms with E-state index < -0.39 is 0 Å².